The minimum atomic E-state index is -0.106. The van der Waals surface area contributed by atoms with Crippen molar-refractivity contribution in [2.24, 2.45) is 10.8 Å². The van der Waals surface area contributed by atoms with E-state index in [-0.39, 0.29) is 10.9 Å². The van der Waals surface area contributed by atoms with Gasteiger partial charge in [0.1, 0.15) is 5.71 Å². The third-order valence-corrected chi connectivity index (χ3v) is 2.99. The predicted molar refractivity (Wildman–Crippen MR) is 74.7 cm³/mol. The Morgan fingerprint density at radius 3 is 2.50 bits per heavy atom. The van der Waals surface area contributed by atoms with Crippen LogP contribution >= 0.6 is 12.2 Å². The Bertz CT molecular complexity index is 716. The number of thiocarbonyl (C=S) groups is 1. The van der Waals surface area contributed by atoms with E-state index in [1.54, 1.807) is 6.07 Å². The van der Waals surface area contributed by atoms with Gasteiger partial charge in [-0.1, -0.05) is 36.4 Å². The monoisotopic (exact) mass is 255 g/mol. The summed E-state index contributed by atoms with van der Waals surface area (Å²) in [7, 11) is 0. The number of nitrogens with zero attached hydrogens (tertiary/aromatic N) is 1. The van der Waals surface area contributed by atoms with E-state index in [4.69, 9.17) is 5.73 Å². The van der Waals surface area contributed by atoms with Gasteiger partial charge in [0.25, 0.3) is 0 Å². The Morgan fingerprint density at radius 2 is 1.83 bits per heavy atom. The Kier molecular flexibility index (Phi) is 2.34. The highest BCUT2D eigenvalue weighted by Gasteiger charge is 2.28. The molecule has 0 saturated heterocycles. The van der Waals surface area contributed by atoms with Crippen molar-refractivity contribution < 1.29 is 4.79 Å². The standard InChI is InChI=1S/C13H9N3OS/c14-13(18)16-15-11-8-5-1-3-7-4-2-6-9(10(7)8)12(11)17/h1-6H,(H3,14,16,18)/b15-11-. The zero-order valence-corrected chi connectivity index (χ0v) is 10.1. The maximum atomic E-state index is 12.2. The molecule has 3 N–H and O–H groups in total. The molecule has 0 amide bonds. The number of hydrazone groups is 1. The highest BCUT2D eigenvalue weighted by atomic mass is 32.1. The first-order valence-corrected chi connectivity index (χ1v) is 5.79. The third kappa shape index (κ3) is 1.48. The molecular formula is C13H9N3OS. The molecule has 4 nitrogen and oxygen atoms in total. The summed E-state index contributed by atoms with van der Waals surface area (Å²) in [6, 6.07) is 11.4. The number of benzene rings is 2. The quantitative estimate of drug-likeness (QED) is 0.599. The summed E-state index contributed by atoms with van der Waals surface area (Å²) in [4.78, 5) is 12.2. The largest absolute Gasteiger partial charge is 0.375 e. The highest BCUT2D eigenvalue weighted by molar-refractivity contribution is 7.80. The summed E-state index contributed by atoms with van der Waals surface area (Å²) in [5, 5.41) is 6.00. The van der Waals surface area contributed by atoms with Crippen molar-refractivity contribution in [3.05, 3.63) is 47.5 Å². The molecule has 0 bridgehead atoms. The number of carbonyl (C=O) groups excluding carboxylic acids is 1. The molecular weight excluding hydrogens is 246 g/mol. The molecule has 0 atom stereocenters. The molecule has 0 radical (unpaired) electrons. The molecule has 0 aromatic heterocycles. The van der Waals surface area contributed by atoms with E-state index >= 15 is 0 Å². The number of nitrogens with one attached hydrogen (secondary N) is 1. The van der Waals surface area contributed by atoms with E-state index in [1.807, 2.05) is 30.3 Å². The van der Waals surface area contributed by atoms with Crippen molar-refractivity contribution in [2.75, 3.05) is 0 Å². The van der Waals surface area contributed by atoms with Gasteiger partial charge in [0.05, 0.1) is 0 Å². The summed E-state index contributed by atoms with van der Waals surface area (Å²) in [6.45, 7) is 0. The van der Waals surface area contributed by atoms with E-state index < -0.39 is 0 Å². The predicted octanol–water partition coefficient (Wildman–Crippen LogP) is 1.57. The normalized spacial score (nSPS) is 15.3. The number of carbonyl (C=O) groups is 1. The Morgan fingerprint density at radius 1 is 1.17 bits per heavy atom. The van der Waals surface area contributed by atoms with Gasteiger partial charge in [-0.2, -0.15) is 5.10 Å². The summed E-state index contributed by atoms with van der Waals surface area (Å²) in [6.07, 6.45) is 0. The van der Waals surface area contributed by atoms with Gasteiger partial charge < -0.3 is 5.73 Å². The SMILES string of the molecule is NC(=S)N/N=C1\C(=O)c2cccc3cccc1c23. The molecule has 0 saturated carbocycles. The van der Waals surface area contributed by atoms with Crippen molar-refractivity contribution in [3.8, 4) is 0 Å². The fourth-order valence-corrected chi connectivity index (χ4v) is 2.25. The summed E-state index contributed by atoms with van der Waals surface area (Å²) >= 11 is 4.68. The first-order valence-electron chi connectivity index (χ1n) is 5.38. The molecule has 1 aliphatic carbocycles. The molecule has 18 heavy (non-hydrogen) atoms. The number of rotatable bonds is 1. The van der Waals surface area contributed by atoms with Gasteiger partial charge in [-0.25, -0.2) is 0 Å². The van der Waals surface area contributed by atoms with E-state index in [2.05, 4.69) is 22.7 Å². The second-order valence-corrected chi connectivity index (χ2v) is 4.41. The van der Waals surface area contributed by atoms with Crippen LogP contribution in [0.5, 0.6) is 0 Å². The van der Waals surface area contributed by atoms with Crippen molar-refractivity contribution in [1.82, 2.24) is 5.43 Å². The molecule has 0 unspecified atom stereocenters. The first kappa shape index (κ1) is 10.9. The van der Waals surface area contributed by atoms with Gasteiger partial charge in [-0.05, 0) is 17.6 Å². The topological polar surface area (TPSA) is 67.5 Å². The average molecular weight is 255 g/mol. The number of ketones is 1. The highest BCUT2D eigenvalue weighted by Crippen LogP contribution is 2.30. The molecule has 0 spiro atoms. The van der Waals surface area contributed by atoms with Crippen LogP contribution in [0.25, 0.3) is 10.8 Å². The van der Waals surface area contributed by atoms with Crippen LogP contribution in [0, 0.1) is 0 Å². The zero-order chi connectivity index (χ0) is 12.7. The lowest BCUT2D eigenvalue weighted by Gasteiger charge is -2.00. The Hall–Kier alpha value is -2.27. The number of hydrogen-bond donors (Lipinski definition) is 2. The summed E-state index contributed by atoms with van der Waals surface area (Å²) < 4.78 is 0. The first-order chi connectivity index (χ1) is 8.68. The zero-order valence-electron chi connectivity index (χ0n) is 9.31. The molecule has 2 aromatic carbocycles. The molecule has 0 aliphatic heterocycles. The lowest BCUT2D eigenvalue weighted by atomic mass is 10.1. The fourth-order valence-electron chi connectivity index (χ4n) is 2.20. The molecule has 5 heteroatoms. The lowest BCUT2D eigenvalue weighted by molar-refractivity contribution is 0.107. The maximum Gasteiger partial charge on any atom is 0.214 e. The van der Waals surface area contributed by atoms with Gasteiger partial charge >= 0.3 is 0 Å². The van der Waals surface area contributed by atoms with Crippen molar-refractivity contribution >= 4 is 39.6 Å². The molecule has 3 rings (SSSR count). The van der Waals surface area contributed by atoms with Crippen molar-refractivity contribution in [1.29, 1.82) is 0 Å². The maximum absolute atomic E-state index is 12.2. The molecule has 0 fully saturated rings. The molecule has 2 aromatic rings. The average Bonchev–Trinajstić information content (AvgIpc) is 2.63. The molecule has 0 heterocycles. The van der Waals surface area contributed by atoms with Crippen LogP contribution in [0.2, 0.25) is 0 Å². The smallest absolute Gasteiger partial charge is 0.214 e. The fraction of sp³-hybridized carbons (Fsp3) is 0. The van der Waals surface area contributed by atoms with Gasteiger partial charge in [0.2, 0.25) is 5.78 Å². The van der Waals surface area contributed by atoms with Crippen LogP contribution in [0.1, 0.15) is 15.9 Å². The van der Waals surface area contributed by atoms with Crippen LogP contribution in [-0.4, -0.2) is 16.6 Å². The van der Waals surface area contributed by atoms with Gasteiger partial charge in [0.15, 0.2) is 5.11 Å². The van der Waals surface area contributed by atoms with E-state index in [0.717, 1.165) is 16.3 Å². The van der Waals surface area contributed by atoms with Crippen LogP contribution in [0.15, 0.2) is 41.5 Å². The third-order valence-electron chi connectivity index (χ3n) is 2.90. The van der Waals surface area contributed by atoms with E-state index in [1.165, 1.54) is 0 Å². The second-order valence-electron chi connectivity index (χ2n) is 3.97. The van der Waals surface area contributed by atoms with Crippen LogP contribution in [0.3, 0.4) is 0 Å². The van der Waals surface area contributed by atoms with Gasteiger partial charge in [-0.3, -0.25) is 10.2 Å². The summed E-state index contributed by atoms with van der Waals surface area (Å²) in [5.74, 6) is -0.106. The Balaban J connectivity index is 2.26. The minimum Gasteiger partial charge on any atom is -0.375 e. The number of nitrogens with two attached hydrogens (primary N) is 1. The van der Waals surface area contributed by atoms with Gasteiger partial charge in [0, 0.05) is 16.5 Å². The van der Waals surface area contributed by atoms with Crippen LogP contribution in [0.4, 0.5) is 0 Å². The number of Topliss-reactive ketones (excluding diaryl/α,β-unsaturated/α-hetero) is 1. The second kappa shape index (κ2) is 3.89. The van der Waals surface area contributed by atoms with Crippen molar-refractivity contribution in [3.63, 3.8) is 0 Å². The van der Waals surface area contributed by atoms with Gasteiger partial charge in [-0.15, -0.1) is 0 Å². The lowest BCUT2D eigenvalue weighted by Crippen LogP contribution is -2.26. The summed E-state index contributed by atoms with van der Waals surface area (Å²) in [5.41, 5.74) is 9.64. The molecule has 1 aliphatic rings. The van der Waals surface area contributed by atoms with Crippen LogP contribution in [-0.2, 0) is 0 Å². The van der Waals surface area contributed by atoms with E-state index in [9.17, 15) is 4.79 Å². The Labute approximate surface area is 108 Å². The van der Waals surface area contributed by atoms with Crippen molar-refractivity contribution in [2.45, 2.75) is 0 Å². The number of hydrogen-bond acceptors (Lipinski definition) is 3. The minimum absolute atomic E-state index is 0.0402. The van der Waals surface area contributed by atoms with E-state index in [0.29, 0.717) is 11.3 Å². The molecule has 88 valence electrons. The van der Waals surface area contributed by atoms with Crippen LogP contribution < -0.4 is 11.2 Å².